The average molecular weight is 320 g/mol. The highest BCUT2D eigenvalue weighted by Crippen LogP contribution is 2.41. The second kappa shape index (κ2) is 6.71. The van der Waals surface area contributed by atoms with Crippen LogP contribution in [0.5, 0.6) is 5.75 Å². The lowest BCUT2D eigenvalue weighted by atomic mass is 9.96. The summed E-state index contributed by atoms with van der Waals surface area (Å²) < 4.78 is 0. The average Bonchev–Trinajstić information content (AvgIpc) is 2.64. The molecule has 0 aromatic heterocycles. The molecule has 3 aromatic carbocycles. The van der Waals surface area contributed by atoms with Gasteiger partial charge in [-0.3, -0.25) is 0 Å². The van der Waals surface area contributed by atoms with Crippen LogP contribution >= 0.6 is 0 Å². The second-order valence-corrected chi connectivity index (χ2v) is 5.65. The molecule has 0 atom stereocenters. The number of benzene rings is 3. The van der Waals surface area contributed by atoms with Crippen LogP contribution in [0.2, 0.25) is 0 Å². The molecule has 4 nitrogen and oxygen atoms in total. The molecule has 0 aliphatic rings. The maximum atomic E-state index is 11.1. The van der Waals surface area contributed by atoms with Gasteiger partial charge in [0.15, 0.2) is 11.4 Å². The summed E-state index contributed by atoms with van der Waals surface area (Å²) in [7, 11) is 0. The zero-order valence-corrected chi connectivity index (χ0v) is 13.9. The van der Waals surface area contributed by atoms with Crippen LogP contribution < -0.4 is 4.90 Å². The van der Waals surface area contributed by atoms with Crippen LogP contribution in [0.25, 0.3) is 21.9 Å². The van der Waals surface area contributed by atoms with Crippen molar-refractivity contribution in [2.24, 2.45) is 5.18 Å². The minimum absolute atomic E-state index is 0.0656. The number of nitroso groups, excluding NO2 is 1. The Hall–Kier alpha value is -2.88. The maximum absolute atomic E-state index is 11.1. The van der Waals surface area contributed by atoms with E-state index in [1.54, 1.807) is 12.1 Å². The zero-order chi connectivity index (χ0) is 17.1. The molecular weight excluding hydrogens is 300 g/mol. The van der Waals surface area contributed by atoms with Crippen molar-refractivity contribution in [2.75, 3.05) is 18.0 Å². The fourth-order valence-corrected chi connectivity index (χ4v) is 3.09. The molecule has 0 aliphatic heterocycles. The fraction of sp³-hybridized carbons (Fsp3) is 0.200. The van der Waals surface area contributed by atoms with Crippen molar-refractivity contribution in [3.8, 4) is 16.9 Å². The van der Waals surface area contributed by atoms with E-state index in [9.17, 15) is 10.0 Å². The van der Waals surface area contributed by atoms with Crippen molar-refractivity contribution in [1.29, 1.82) is 0 Å². The van der Waals surface area contributed by atoms with Gasteiger partial charge >= 0.3 is 0 Å². The van der Waals surface area contributed by atoms with Crippen LogP contribution in [0, 0.1) is 4.91 Å². The summed E-state index contributed by atoms with van der Waals surface area (Å²) in [6.07, 6.45) is 0. The Morgan fingerprint density at radius 1 is 0.958 bits per heavy atom. The van der Waals surface area contributed by atoms with Crippen molar-refractivity contribution >= 4 is 22.1 Å². The van der Waals surface area contributed by atoms with Crippen molar-refractivity contribution in [1.82, 2.24) is 0 Å². The fourth-order valence-electron chi connectivity index (χ4n) is 3.09. The van der Waals surface area contributed by atoms with Crippen molar-refractivity contribution < 1.29 is 5.11 Å². The van der Waals surface area contributed by atoms with Gasteiger partial charge in [-0.05, 0) is 53.7 Å². The number of anilines is 1. The first kappa shape index (κ1) is 16.0. The highest BCUT2D eigenvalue weighted by molar-refractivity contribution is 6.03. The number of rotatable bonds is 5. The molecule has 0 bridgehead atoms. The predicted molar refractivity (Wildman–Crippen MR) is 100 cm³/mol. The van der Waals surface area contributed by atoms with Gasteiger partial charge < -0.3 is 10.0 Å². The number of hydrogen-bond donors (Lipinski definition) is 1. The van der Waals surface area contributed by atoms with Crippen LogP contribution in [0.1, 0.15) is 13.8 Å². The second-order valence-electron chi connectivity index (χ2n) is 5.65. The van der Waals surface area contributed by atoms with Crippen LogP contribution in [-0.2, 0) is 0 Å². The predicted octanol–water partition coefficient (Wildman–Crippen LogP) is 5.46. The molecule has 4 heteroatoms. The monoisotopic (exact) mass is 320 g/mol. The van der Waals surface area contributed by atoms with Gasteiger partial charge in [-0.2, -0.15) is 0 Å². The summed E-state index contributed by atoms with van der Waals surface area (Å²) in [5.74, 6) is -0.0656. The molecule has 122 valence electrons. The molecule has 0 spiro atoms. The lowest BCUT2D eigenvalue weighted by molar-refractivity contribution is 0.483. The van der Waals surface area contributed by atoms with E-state index < -0.39 is 0 Å². The summed E-state index contributed by atoms with van der Waals surface area (Å²) >= 11 is 0. The van der Waals surface area contributed by atoms with Crippen molar-refractivity contribution in [3.63, 3.8) is 0 Å². The van der Waals surface area contributed by atoms with Crippen molar-refractivity contribution in [3.05, 3.63) is 59.5 Å². The Kier molecular flexibility index (Phi) is 4.47. The molecule has 0 amide bonds. The Balaban J connectivity index is 2.15. The van der Waals surface area contributed by atoms with E-state index in [-0.39, 0.29) is 11.4 Å². The number of hydrogen-bond acceptors (Lipinski definition) is 4. The van der Waals surface area contributed by atoms with E-state index in [4.69, 9.17) is 0 Å². The first-order chi connectivity index (χ1) is 11.7. The number of fused-ring (bicyclic) bond motifs is 1. The van der Waals surface area contributed by atoms with Crippen molar-refractivity contribution in [2.45, 2.75) is 13.8 Å². The molecule has 0 fully saturated rings. The van der Waals surface area contributed by atoms with Crippen LogP contribution in [0.15, 0.2) is 59.8 Å². The molecule has 1 N–H and O–H groups in total. The molecular formula is C20H20N2O2. The maximum Gasteiger partial charge on any atom is 0.152 e. The smallest absolute Gasteiger partial charge is 0.152 e. The molecule has 0 aliphatic carbocycles. The Bertz CT molecular complexity index is 869. The summed E-state index contributed by atoms with van der Waals surface area (Å²) in [4.78, 5) is 13.3. The third kappa shape index (κ3) is 2.71. The van der Waals surface area contributed by atoms with Gasteiger partial charge in [0.2, 0.25) is 0 Å². The van der Waals surface area contributed by atoms with Gasteiger partial charge in [0.25, 0.3) is 0 Å². The summed E-state index contributed by atoms with van der Waals surface area (Å²) in [5, 5.41) is 14.7. The number of phenols is 1. The first-order valence-corrected chi connectivity index (χ1v) is 8.13. The zero-order valence-electron chi connectivity index (χ0n) is 13.9. The number of aromatic hydroxyl groups is 1. The van der Waals surface area contributed by atoms with Crippen LogP contribution in [0.4, 0.5) is 11.4 Å². The molecule has 0 heterocycles. The van der Waals surface area contributed by atoms with Crippen LogP contribution in [-0.4, -0.2) is 18.2 Å². The lowest BCUT2D eigenvalue weighted by Crippen LogP contribution is -2.21. The van der Waals surface area contributed by atoms with Gasteiger partial charge in [0, 0.05) is 24.2 Å². The number of nitrogens with zero attached hydrogens (tertiary/aromatic N) is 2. The quantitative estimate of drug-likeness (QED) is 0.635. The Morgan fingerprint density at radius 2 is 1.58 bits per heavy atom. The summed E-state index contributed by atoms with van der Waals surface area (Å²) in [6, 6.07) is 17.4. The third-order valence-electron chi connectivity index (χ3n) is 4.40. The first-order valence-electron chi connectivity index (χ1n) is 8.13. The molecule has 24 heavy (non-hydrogen) atoms. The van der Waals surface area contributed by atoms with Gasteiger partial charge in [0.05, 0.1) is 0 Å². The lowest BCUT2D eigenvalue weighted by Gasteiger charge is -2.21. The van der Waals surface area contributed by atoms with E-state index in [0.29, 0.717) is 5.39 Å². The summed E-state index contributed by atoms with van der Waals surface area (Å²) in [6.45, 7) is 6.17. The molecule has 0 unspecified atom stereocenters. The molecule has 0 radical (unpaired) electrons. The Morgan fingerprint density at radius 3 is 2.17 bits per heavy atom. The van der Waals surface area contributed by atoms with Gasteiger partial charge in [0.1, 0.15) is 0 Å². The van der Waals surface area contributed by atoms with Gasteiger partial charge in [-0.1, -0.05) is 36.4 Å². The molecule has 3 aromatic rings. The molecule has 0 saturated heterocycles. The van der Waals surface area contributed by atoms with E-state index in [0.717, 1.165) is 29.6 Å². The van der Waals surface area contributed by atoms with Gasteiger partial charge in [-0.25, -0.2) is 0 Å². The summed E-state index contributed by atoms with van der Waals surface area (Å²) in [5.41, 5.74) is 3.12. The van der Waals surface area contributed by atoms with E-state index in [1.165, 1.54) is 5.69 Å². The third-order valence-corrected chi connectivity index (χ3v) is 4.40. The topological polar surface area (TPSA) is 52.9 Å². The Labute approximate surface area is 141 Å². The highest BCUT2D eigenvalue weighted by atomic mass is 16.3. The molecule has 3 rings (SSSR count). The SMILES string of the molecule is CCN(CC)c1ccc(-c2cc(N=O)c(O)c3ccccc23)cc1. The van der Waals surface area contributed by atoms with E-state index in [2.05, 4.69) is 36.1 Å². The normalized spacial score (nSPS) is 10.8. The van der Waals surface area contributed by atoms with E-state index in [1.807, 2.05) is 30.3 Å². The minimum Gasteiger partial charge on any atom is -0.505 e. The minimum atomic E-state index is -0.0656. The standard InChI is InChI=1S/C20H20N2O2/c1-3-22(4-2)15-11-9-14(10-12-15)18-13-19(21-24)20(23)17-8-6-5-7-16(17)18/h5-13,23H,3-4H2,1-2H3. The van der Waals surface area contributed by atoms with E-state index >= 15 is 0 Å². The highest BCUT2D eigenvalue weighted by Gasteiger charge is 2.13. The molecule has 0 saturated carbocycles. The number of phenolic OH excluding ortho intramolecular Hbond substituents is 1. The van der Waals surface area contributed by atoms with Gasteiger partial charge in [-0.15, -0.1) is 4.91 Å². The largest absolute Gasteiger partial charge is 0.505 e. The van der Waals surface area contributed by atoms with Crippen LogP contribution in [0.3, 0.4) is 0 Å².